The second-order valence-electron chi connectivity index (χ2n) is 5.26. The Morgan fingerprint density at radius 3 is 2.57 bits per heavy atom. The van der Waals surface area contributed by atoms with E-state index < -0.39 is 5.97 Å². The molecule has 0 spiro atoms. The highest BCUT2D eigenvalue weighted by atomic mass is 16.4. The molecule has 6 heteroatoms. The van der Waals surface area contributed by atoms with Gasteiger partial charge in [0.25, 0.3) is 0 Å². The Labute approximate surface area is 134 Å². The van der Waals surface area contributed by atoms with Crippen molar-refractivity contribution in [3.05, 3.63) is 53.4 Å². The third-order valence-electron chi connectivity index (χ3n) is 3.35. The number of benzene rings is 1. The summed E-state index contributed by atoms with van der Waals surface area (Å²) < 4.78 is 1.74. The van der Waals surface area contributed by atoms with Gasteiger partial charge in [-0.1, -0.05) is 12.1 Å². The fourth-order valence-corrected chi connectivity index (χ4v) is 2.21. The molecule has 1 heterocycles. The maximum atomic E-state index is 12.0. The molecule has 2 N–H and O–H groups in total. The number of hydrogen-bond acceptors (Lipinski definition) is 3. The van der Waals surface area contributed by atoms with Crippen molar-refractivity contribution in [2.45, 2.75) is 19.8 Å². The lowest BCUT2D eigenvalue weighted by atomic mass is 10.1. The summed E-state index contributed by atoms with van der Waals surface area (Å²) in [7, 11) is 1.86. The normalized spacial score (nSPS) is 10.9. The van der Waals surface area contributed by atoms with Crippen LogP contribution in [0.15, 0.2) is 36.5 Å². The molecule has 0 aliphatic rings. The van der Waals surface area contributed by atoms with E-state index in [4.69, 9.17) is 5.11 Å². The van der Waals surface area contributed by atoms with Gasteiger partial charge in [-0.05, 0) is 42.7 Å². The first-order chi connectivity index (χ1) is 10.9. The molecule has 0 aliphatic carbocycles. The maximum Gasteiger partial charge on any atom is 0.328 e. The Balaban J connectivity index is 1.87. The molecule has 2 aromatic rings. The molecule has 120 valence electrons. The molecule has 0 aliphatic heterocycles. The van der Waals surface area contributed by atoms with Crippen LogP contribution < -0.4 is 5.32 Å². The number of anilines is 1. The van der Waals surface area contributed by atoms with Gasteiger partial charge >= 0.3 is 5.97 Å². The largest absolute Gasteiger partial charge is 0.478 e. The molecule has 0 saturated carbocycles. The number of aromatic nitrogens is 2. The standard InChI is InChI=1S/C17H19N3O3/c1-12-14(11-20(2)19-12)6-9-16(21)18-15-7-3-13(4-8-15)5-10-17(22)23/h3-5,7-8,10-11H,6,9H2,1-2H3,(H,18,21)(H,22,23)/b10-5+. The zero-order valence-corrected chi connectivity index (χ0v) is 13.1. The Morgan fingerprint density at radius 2 is 2.00 bits per heavy atom. The van der Waals surface area contributed by atoms with Gasteiger partial charge in [0.2, 0.25) is 5.91 Å². The summed E-state index contributed by atoms with van der Waals surface area (Å²) in [6.07, 6.45) is 5.52. The SMILES string of the molecule is Cc1nn(C)cc1CCC(=O)Nc1ccc(/C=C/C(=O)O)cc1. The summed E-state index contributed by atoms with van der Waals surface area (Å²) in [6.45, 7) is 1.93. The molecule has 6 nitrogen and oxygen atoms in total. The quantitative estimate of drug-likeness (QED) is 0.802. The Morgan fingerprint density at radius 1 is 1.30 bits per heavy atom. The van der Waals surface area contributed by atoms with Crippen LogP contribution in [-0.4, -0.2) is 26.8 Å². The average Bonchev–Trinajstić information content (AvgIpc) is 2.82. The number of carboxylic acids is 1. The number of nitrogens with zero attached hydrogens (tertiary/aromatic N) is 2. The Bertz CT molecular complexity index is 730. The molecule has 1 aromatic carbocycles. The number of rotatable bonds is 6. The monoisotopic (exact) mass is 313 g/mol. The smallest absolute Gasteiger partial charge is 0.328 e. The number of hydrogen-bond donors (Lipinski definition) is 2. The maximum absolute atomic E-state index is 12.0. The van der Waals surface area contributed by atoms with Gasteiger partial charge in [-0.15, -0.1) is 0 Å². The van der Waals surface area contributed by atoms with E-state index in [1.165, 1.54) is 6.08 Å². The molecule has 0 atom stereocenters. The molecule has 0 unspecified atom stereocenters. The van der Waals surface area contributed by atoms with Crippen molar-refractivity contribution < 1.29 is 14.7 Å². The summed E-state index contributed by atoms with van der Waals surface area (Å²) in [6, 6.07) is 6.99. The van der Waals surface area contributed by atoms with Gasteiger partial charge < -0.3 is 10.4 Å². The van der Waals surface area contributed by atoms with Gasteiger partial charge in [0.1, 0.15) is 0 Å². The second kappa shape index (κ2) is 7.40. The number of carbonyl (C=O) groups excluding carboxylic acids is 1. The van der Waals surface area contributed by atoms with Crippen LogP contribution in [0.1, 0.15) is 23.2 Å². The van der Waals surface area contributed by atoms with Gasteiger partial charge in [0.05, 0.1) is 5.69 Å². The molecule has 0 saturated heterocycles. The molecule has 0 radical (unpaired) electrons. The number of nitrogens with one attached hydrogen (secondary N) is 1. The van der Waals surface area contributed by atoms with Crippen LogP contribution >= 0.6 is 0 Å². The third-order valence-corrected chi connectivity index (χ3v) is 3.35. The van der Waals surface area contributed by atoms with Crippen molar-refractivity contribution in [2.75, 3.05) is 5.32 Å². The topological polar surface area (TPSA) is 84.2 Å². The van der Waals surface area contributed by atoms with Gasteiger partial charge in [0, 0.05) is 31.4 Å². The van der Waals surface area contributed by atoms with Gasteiger partial charge in [-0.3, -0.25) is 9.48 Å². The van der Waals surface area contributed by atoms with Crippen molar-refractivity contribution >= 4 is 23.6 Å². The molecular formula is C17H19N3O3. The minimum Gasteiger partial charge on any atom is -0.478 e. The molecule has 0 fully saturated rings. The fraction of sp³-hybridized carbons (Fsp3) is 0.235. The molecular weight excluding hydrogens is 294 g/mol. The highest BCUT2D eigenvalue weighted by molar-refractivity contribution is 5.91. The van der Waals surface area contributed by atoms with Gasteiger partial charge in [-0.2, -0.15) is 5.10 Å². The number of aliphatic carboxylic acids is 1. The average molecular weight is 313 g/mol. The lowest BCUT2D eigenvalue weighted by molar-refractivity contribution is -0.131. The van der Waals surface area contributed by atoms with E-state index in [-0.39, 0.29) is 5.91 Å². The summed E-state index contributed by atoms with van der Waals surface area (Å²) >= 11 is 0. The first-order valence-electron chi connectivity index (χ1n) is 7.24. The zero-order chi connectivity index (χ0) is 16.8. The minimum atomic E-state index is -0.993. The van der Waals surface area contributed by atoms with E-state index >= 15 is 0 Å². The van der Waals surface area contributed by atoms with Gasteiger partial charge in [-0.25, -0.2) is 4.79 Å². The van der Waals surface area contributed by atoms with Crippen LogP contribution in [0.3, 0.4) is 0 Å². The highest BCUT2D eigenvalue weighted by Gasteiger charge is 2.07. The summed E-state index contributed by atoms with van der Waals surface area (Å²) in [5.74, 6) is -1.06. The Kier molecular flexibility index (Phi) is 5.30. The summed E-state index contributed by atoms with van der Waals surface area (Å²) in [5.41, 5.74) is 3.45. The highest BCUT2D eigenvalue weighted by Crippen LogP contribution is 2.12. The van der Waals surface area contributed by atoms with E-state index in [1.807, 2.05) is 20.2 Å². The van der Waals surface area contributed by atoms with Crippen LogP contribution in [0.4, 0.5) is 5.69 Å². The van der Waals surface area contributed by atoms with Crippen LogP contribution in [0.5, 0.6) is 0 Å². The molecule has 0 bridgehead atoms. The lowest BCUT2D eigenvalue weighted by Crippen LogP contribution is -2.12. The third kappa shape index (κ3) is 5.10. The van der Waals surface area contributed by atoms with E-state index in [9.17, 15) is 9.59 Å². The fourth-order valence-electron chi connectivity index (χ4n) is 2.21. The molecule has 1 amide bonds. The van der Waals surface area contributed by atoms with Gasteiger partial charge in [0.15, 0.2) is 0 Å². The number of carbonyl (C=O) groups is 2. The van der Waals surface area contributed by atoms with Crippen molar-refractivity contribution in [3.8, 4) is 0 Å². The first kappa shape index (κ1) is 16.5. The van der Waals surface area contributed by atoms with E-state index in [0.29, 0.717) is 18.5 Å². The predicted molar refractivity (Wildman–Crippen MR) is 88.0 cm³/mol. The number of amides is 1. The van der Waals surface area contributed by atoms with Crippen LogP contribution in [0, 0.1) is 6.92 Å². The van der Waals surface area contributed by atoms with Crippen molar-refractivity contribution in [1.29, 1.82) is 0 Å². The van der Waals surface area contributed by atoms with E-state index in [0.717, 1.165) is 22.9 Å². The van der Waals surface area contributed by atoms with Crippen LogP contribution in [0.2, 0.25) is 0 Å². The van der Waals surface area contributed by atoms with Crippen molar-refractivity contribution in [1.82, 2.24) is 9.78 Å². The number of aryl methyl sites for hydroxylation is 3. The summed E-state index contributed by atoms with van der Waals surface area (Å²) in [4.78, 5) is 22.4. The van der Waals surface area contributed by atoms with Crippen LogP contribution in [0.25, 0.3) is 6.08 Å². The molecule has 1 aromatic heterocycles. The predicted octanol–water partition coefficient (Wildman–Crippen LogP) is 2.40. The lowest BCUT2D eigenvalue weighted by Gasteiger charge is -2.05. The summed E-state index contributed by atoms with van der Waals surface area (Å²) in [5, 5.41) is 15.6. The van der Waals surface area contributed by atoms with Crippen molar-refractivity contribution in [2.24, 2.45) is 7.05 Å². The van der Waals surface area contributed by atoms with Crippen LogP contribution in [-0.2, 0) is 23.1 Å². The van der Waals surface area contributed by atoms with E-state index in [1.54, 1.807) is 28.9 Å². The zero-order valence-electron chi connectivity index (χ0n) is 13.1. The number of carboxylic acid groups (broad SMARTS) is 1. The van der Waals surface area contributed by atoms with Crippen molar-refractivity contribution in [3.63, 3.8) is 0 Å². The molecule has 23 heavy (non-hydrogen) atoms. The van der Waals surface area contributed by atoms with E-state index in [2.05, 4.69) is 10.4 Å². The second-order valence-corrected chi connectivity index (χ2v) is 5.26. The molecule has 2 rings (SSSR count). The first-order valence-corrected chi connectivity index (χ1v) is 7.24. The minimum absolute atomic E-state index is 0.0675. The Hall–Kier alpha value is -2.89.